The van der Waals surface area contributed by atoms with Gasteiger partial charge in [0.2, 0.25) is 10.0 Å². The van der Waals surface area contributed by atoms with Crippen molar-refractivity contribution in [1.29, 1.82) is 0 Å². The van der Waals surface area contributed by atoms with Crippen LogP contribution < -0.4 is 4.90 Å². The maximum absolute atomic E-state index is 13.8. The summed E-state index contributed by atoms with van der Waals surface area (Å²) in [5.41, 5.74) is 2.33. The van der Waals surface area contributed by atoms with E-state index < -0.39 is 10.0 Å². The Labute approximate surface area is 197 Å². The predicted octanol–water partition coefficient (Wildman–Crippen LogP) is 3.36. The number of sulfonamides is 1. The quantitative estimate of drug-likeness (QED) is 0.619. The van der Waals surface area contributed by atoms with Crippen LogP contribution in [0.15, 0.2) is 53.4 Å². The molecule has 0 radical (unpaired) electrons. The highest BCUT2D eigenvalue weighted by molar-refractivity contribution is 7.89. The number of rotatable bonds is 7. The van der Waals surface area contributed by atoms with E-state index >= 15 is 0 Å². The molecule has 0 unspecified atom stereocenters. The van der Waals surface area contributed by atoms with Gasteiger partial charge in [0, 0.05) is 45.0 Å². The van der Waals surface area contributed by atoms with E-state index in [1.54, 1.807) is 17.0 Å². The molecule has 0 saturated carbocycles. The number of carbonyl (C=O) groups excluding carboxylic acids is 1. The fourth-order valence-corrected chi connectivity index (χ4v) is 5.93. The van der Waals surface area contributed by atoms with E-state index in [4.69, 9.17) is 4.74 Å². The van der Waals surface area contributed by atoms with Gasteiger partial charge < -0.3 is 14.5 Å². The molecular formula is C25H33N3O4S. The minimum atomic E-state index is -3.69. The van der Waals surface area contributed by atoms with Gasteiger partial charge in [0.15, 0.2) is 0 Å². The summed E-state index contributed by atoms with van der Waals surface area (Å²) in [5.74, 6) is -0.138. The summed E-state index contributed by atoms with van der Waals surface area (Å²) in [5, 5.41) is 0. The van der Waals surface area contributed by atoms with Crippen molar-refractivity contribution in [3.05, 3.63) is 59.7 Å². The topological polar surface area (TPSA) is 70.2 Å². The molecule has 2 aromatic carbocycles. The van der Waals surface area contributed by atoms with Crippen LogP contribution >= 0.6 is 0 Å². The fourth-order valence-electron chi connectivity index (χ4n) is 4.49. The summed E-state index contributed by atoms with van der Waals surface area (Å²) < 4.78 is 33.4. The molecule has 33 heavy (non-hydrogen) atoms. The average Bonchev–Trinajstić information content (AvgIpc) is 2.88. The summed E-state index contributed by atoms with van der Waals surface area (Å²) in [6.07, 6.45) is 3.32. The minimum Gasteiger partial charge on any atom is -0.379 e. The Bertz CT molecular complexity index is 1050. The van der Waals surface area contributed by atoms with Crippen LogP contribution in [0.1, 0.15) is 42.1 Å². The second-order valence-electron chi connectivity index (χ2n) is 8.55. The molecule has 1 amide bonds. The van der Waals surface area contributed by atoms with Crippen LogP contribution in [0.4, 0.5) is 5.69 Å². The molecule has 0 aromatic heterocycles. The maximum Gasteiger partial charge on any atom is 0.256 e. The van der Waals surface area contributed by atoms with E-state index in [1.165, 1.54) is 10.7 Å². The predicted molar refractivity (Wildman–Crippen MR) is 129 cm³/mol. The molecule has 8 heteroatoms. The van der Waals surface area contributed by atoms with Gasteiger partial charge in [0.05, 0.1) is 23.7 Å². The zero-order chi connectivity index (χ0) is 23.3. The number of piperidine rings is 1. The first kappa shape index (κ1) is 23.7. The molecule has 7 nitrogen and oxygen atoms in total. The average molecular weight is 472 g/mol. The van der Waals surface area contributed by atoms with Crippen LogP contribution in [0.2, 0.25) is 0 Å². The number of amides is 1. The molecule has 2 saturated heterocycles. The molecule has 2 aliphatic heterocycles. The SMILES string of the molecule is CCN(Cc1ccccc1)C(=O)c1cc(S(=O)(=O)N2CCOCC2)ccc1N1CCCCC1. The number of benzene rings is 2. The van der Waals surface area contributed by atoms with Gasteiger partial charge in [-0.15, -0.1) is 0 Å². The van der Waals surface area contributed by atoms with Crippen molar-refractivity contribution >= 4 is 21.6 Å². The number of ether oxygens (including phenoxy) is 1. The molecular weight excluding hydrogens is 438 g/mol. The highest BCUT2D eigenvalue weighted by atomic mass is 32.2. The first-order valence-corrected chi connectivity index (χ1v) is 13.2. The number of hydrogen-bond acceptors (Lipinski definition) is 5. The molecule has 0 aliphatic carbocycles. The van der Waals surface area contributed by atoms with Crippen LogP contribution in [0.25, 0.3) is 0 Å². The Balaban J connectivity index is 1.70. The third-order valence-electron chi connectivity index (χ3n) is 6.39. The Morgan fingerprint density at radius 2 is 1.67 bits per heavy atom. The summed E-state index contributed by atoms with van der Waals surface area (Å²) in [6.45, 7) is 6.15. The van der Waals surface area contributed by atoms with Crippen molar-refractivity contribution < 1.29 is 17.9 Å². The Morgan fingerprint density at radius 3 is 2.33 bits per heavy atom. The molecule has 4 rings (SSSR count). The molecule has 0 bridgehead atoms. The zero-order valence-corrected chi connectivity index (χ0v) is 20.1. The van der Waals surface area contributed by atoms with Crippen molar-refractivity contribution in [2.24, 2.45) is 0 Å². The van der Waals surface area contributed by atoms with E-state index in [9.17, 15) is 13.2 Å². The smallest absolute Gasteiger partial charge is 0.256 e. The van der Waals surface area contributed by atoms with Crippen LogP contribution in [0, 0.1) is 0 Å². The normalized spacial score (nSPS) is 17.7. The number of morpholine rings is 1. The first-order valence-electron chi connectivity index (χ1n) is 11.8. The fraction of sp³-hybridized carbons (Fsp3) is 0.480. The lowest BCUT2D eigenvalue weighted by atomic mass is 10.1. The highest BCUT2D eigenvalue weighted by Crippen LogP contribution is 2.30. The van der Waals surface area contributed by atoms with E-state index in [1.807, 2.05) is 43.3 Å². The van der Waals surface area contributed by atoms with Crippen molar-refractivity contribution in [1.82, 2.24) is 9.21 Å². The summed E-state index contributed by atoms with van der Waals surface area (Å²) in [6, 6.07) is 14.9. The molecule has 2 aromatic rings. The van der Waals surface area contributed by atoms with E-state index in [0.717, 1.165) is 37.2 Å². The minimum absolute atomic E-state index is 0.138. The summed E-state index contributed by atoms with van der Waals surface area (Å²) in [7, 11) is -3.69. The van der Waals surface area contributed by atoms with Gasteiger partial charge in [0.25, 0.3) is 5.91 Å². The molecule has 178 valence electrons. The third kappa shape index (κ3) is 5.39. The third-order valence-corrected chi connectivity index (χ3v) is 8.28. The Morgan fingerprint density at radius 1 is 0.970 bits per heavy atom. The number of hydrogen-bond donors (Lipinski definition) is 0. The maximum atomic E-state index is 13.8. The van der Waals surface area contributed by atoms with Crippen LogP contribution in [-0.4, -0.2) is 69.5 Å². The van der Waals surface area contributed by atoms with Crippen molar-refractivity contribution in [3.63, 3.8) is 0 Å². The molecule has 2 aliphatic rings. The number of nitrogens with zero attached hydrogens (tertiary/aromatic N) is 3. The standard InChI is InChI=1S/C25H33N3O4S/c1-2-26(20-21-9-5-3-6-10-21)25(29)23-19-22(33(30,31)28-15-17-32-18-16-28)11-12-24(23)27-13-7-4-8-14-27/h3,5-6,9-12,19H,2,4,7-8,13-18,20H2,1H3. The van der Waals surface area contributed by atoms with Gasteiger partial charge in [-0.05, 0) is 49.9 Å². The molecule has 2 heterocycles. The summed E-state index contributed by atoms with van der Waals surface area (Å²) in [4.78, 5) is 17.9. The first-order chi connectivity index (χ1) is 16.0. The number of carbonyl (C=O) groups is 1. The van der Waals surface area contributed by atoms with E-state index in [2.05, 4.69) is 4.90 Å². The van der Waals surface area contributed by atoms with Gasteiger partial charge in [0.1, 0.15) is 0 Å². The zero-order valence-electron chi connectivity index (χ0n) is 19.3. The van der Waals surface area contributed by atoms with Crippen molar-refractivity contribution in [3.8, 4) is 0 Å². The lowest BCUT2D eigenvalue weighted by molar-refractivity contribution is 0.0729. The lowest BCUT2D eigenvalue weighted by Crippen LogP contribution is -2.41. The van der Waals surface area contributed by atoms with Crippen molar-refractivity contribution in [2.45, 2.75) is 37.6 Å². The molecule has 0 N–H and O–H groups in total. The van der Waals surface area contributed by atoms with Gasteiger partial charge in [-0.2, -0.15) is 4.31 Å². The number of anilines is 1. The lowest BCUT2D eigenvalue weighted by Gasteiger charge is -2.32. The molecule has 0 spiro atoms. The van der Waals surface area contributed by atoms with Gasteiger partial charge in [-0.3, -0.25) is 4.79 Å². The van der Waals surface area contributed by atoms with Gasteiger partial charge in [-0.25, -0.2) is 8.42 Å². The molecule has 2 fully saturated rings. The highest BCUT2D eigenvalue weighted by Gasteiger charge is 2.30. The Hall–Kier alpha value is -2.42. The van der Waals surface area contributed by atoms with Gasteiger partial charge in [-0.1, -0.05) is 30.3 Å². The monoisotopic (exact) mass is 471 g/mol. The largest absolute Gasteiger partial charge is 0.379 e. The van der Waals surface area contributed by atoms with Crippen molar-refractivity contribution in [2.75, 3.05) is 50.8 Å². The van der Waals surface area contributed by atoms with Crippen LogP contribution in [0.5, 0.6) is 0 Å². The van der Waals surface area contributed by atoms with E-state index in [-0.39, 0.29) is 10.8 Å². The van der Waals surface area contributed by atoms with E-state index in [0.29, 0.717) is 45.0 Å². The second-order valence-corrected chi connectivity index (χ2v) is 10.5. The molecule has 0 atom stereocenters. The van der Waals surface area contributed by atoms with Crippen LogP contribution in [-0.2, 0) is 21.3 Å². The summed E-state index contributed by atoms with van der Waals surface area (Å²) >= 11 is 0. The van der Waals surface area contributed by atoms with Gasteiger partial charge >= 0.3 is 0 Å². The second kappa shape index (κ2) is 10.7. The Kier molecular flexibility index (Phi) is 7.67. The van der Waals surface area contributed by atoms with Crippen LogP contribution in [0.3, 0.4) is 0 Å².